The SMILES string of the molecule is O=C(CCCN1CCC(c2ccccc2)CC1)c1ccccc1. The van der Waals surface area contributed by atoms with E-state index in [0.717, 1.165) is 31.6 Å². The lowest BCUT2D eigenvalue weighted by atomic mass is 9.89. The molecular formula is C21H25NO. The van der Waals surface area contributed by atoms with Gasteiger partial charge in [-0.25, -0.2) is 0 Å². The Labute approximate surface area is 139 Å². The third-order valence-electron chi connectivity index (χ3n) is 4.83. The summed E-state index contributed by atoms with van der Waals surface area (Å²) in [4.78, 5) is 14.6. The third kappa shape index (κ3) is 4.52. The van der Waals surface area contributed by atoms with E-state index in [1.807, 2.05) is 30.3 Å². The molecule has 2 nitrogen and oxygen atoms in total. The average Bonchev–Trinajstić information content (AvgIpc) is 2.64. The first kappa shape index (κ1) is 15.9. The van der Waals surface area contributed by atoms with Gasteiger partial charge in [-0.05, 0) is 50.4 Å². The molecule has 0 unspecified atom stereocenters. The Morgan fingerprint density at radius 2 is 1.52 bits per heavy atom. The fourth-order valence-corrected chi connectivity index (χ4v) is 3.45. The van der Waals surface area contributed by atoms with Crippen LogP contribution in [0.15, 0.2) is 60.7 Å². The number of Topliss-reactive ketones (excluding diaryl/α,β-unsaturated/α-hetero) is 1. The molecule has 1 aliphatic heterocycles. The van der Waals surface area contributed by atoms with Crippen molar-refractivity contribution in [3.63, 3.8) is 0 Å². The Bertz CT molecular complexity index is 600. The molecule has 3 rings (SSSR count). The average molecular weight is 307 g/mol. The summed E-state index contributed by atoms with van der Waals surface area (Å²) in [5.74, 6) is 0.975. The van der Waals surface area contributed by atoms with Crippen molar-refractivity contribution in [3.8, 4) is 0 Å². The van der Waals surface area contributed by atoms with Gasteiger partial charge < -0.3 is 4.90 Å². The molecule has 0 saturated carbocycles. The lowest BCUT2D eigenvalue weighted by molar-refractivity contribution is 0.0972. The van der Waals surface area contributed by atoms with Crippen molar-refractivity contribution in [3.05, 3.63) is 71.8 Å². The summed E-state index contributed by atoms with van der Waals surface area (Å²) in [6, 6.07) is 20.5. The van der Waals surface area contributed by atoms with Gasteiger partial charge in [-0.1, -0.05) is 60.7 Å². The molecule has 0 aromatic heterocycles. The van der Waals surface area contributed by atoms with E-state index in [1.165, 1.54) is 18.4 Å². The van der Waals surface area contributed by atoms with E-state index >= 15 is 0 Å². The molecule has 0 aliphatic carbocycles. The van der Waals surface area contributed by atoms with Gasteiger partial charge in [0, 0.05) is 12.0 Å². The summed E-state index contributed by atoms with van der Waals surface area (Å²) in [5.41, 5.74) is 2.32. The predicted molar refractivity (Wildman–Crippen MR) is 94.9 cm³/mol. The van der Waals surface area contributed by atoms with E-state index in [1.54, 1.807) is 0 Å². The summed E-state index contributed by atoms with van der Waals surface area (Å²) in [6.45, 7) is 3.35. The Morgan fingerprint density at radius 3 is 2.17 bits per heavy atom. The zero-order valence-electron chi connectivity index (χ0n) is 13.7. The standard InChI is InChI=1S/C21H25NO/c23-21(20-10-5-2-6-11-20)12-7-15-22-16-13-19(14-17-22)18-8-3-1-4-9-18/h1-6,8-11,19H,7,12-17H2. The van der Waals surface area contributed by atoms with Crippen LogP contribution < -0.4 is 0 Å². The highest BCUT2D eigenvalue weighted by atomic mass is 16.1. The highest BCUT2D eigenvalue weighted by Crippen LogP contribution is 2.27. The number of likely N-dealkylation sites (tertiary alicyclic amines) is 1. The number of ketones is 1. The van der Waals surface area contributed by atoms with Crippen LogP contribution in [-0.4, -0.2) is 30.3 Å². The molecule has 0 atom stereocenters. The Balaban J connectivity index is 1.39. The third-order valence-corrected chi connectivity index (χ3v) is 4.83. The smallest absolute Gasteiger partial charge is 0.162 e. The molecule has 0 amide bonds. The molecular weight excluding hydrogens is 282 g/mol. The van der Waals surface area contributed by atoms with Crippen LogP contribution in [-0.2, 0) is 0 Å². The summed E-state index contributed by atoms with van der Waals surface area (Å²) < 4.78 is 0. The Kier molecular flexibility index (Phi) is 5.60. The van der Waals surface area contributed by atoms with Gasteiger partial charge in [0.25, 0.3) is 0 Å². The van der Waals surface area contributed by atoms with Gasteiger partial charge in [-0.3, -0.25) is 4.79 Å². The van der Waals surface area contributed by atoms with Gasteiger partial charge in [-0.15, -0.1) is 0 Å². The second kappa shape index (κ2) is 8.07. The predicted octanol–water partition coefficient (Wildman–Crippen LogP) is 4.53. The van der Waals surface area contributed by atoms with Crippen molar-refractivity contribution in [2.24, 2.45) is 0 Å². The molecule has 1 fully saturated rings. The number of nitrogens with zero attached hydrogens (tertiary/aromatic N) is 1. The molecule has 1 heterocycles. The van der Waals surface area contributed by atoms with Gasteiger partial charge in [0.05, 0.1) is 0 Å². The zero-order chi connectivity index (χ0) is 15.9. The number of hydrogen-bond donors (Lipinski definition) is 0. The molecule has 0 N–H and O–H groups in total. The molecule has 120 valence electrons. The number of hydrogen-bond acceptors (Lipinski definition) is 2. The highest BCUT2D eigenvalue weighted by Gasteiger charge is 2.20. The van der Waals surface area contributed by atoms with Crippen molar-refractivity contribution in [1.29, 1.82) is 0 Å². The van der Waals surface area contributed by atoms with Crippen LogP contribution in [0.1, 0.15) is 47.5 Å². The molecule has 1 saturated heterocycles. The van der Waals surface area contributed by atoms with Gasteiger partial charge >= 0.3 is 0 Å². The van der Waals surface area contributed by atoms with Gasteiger partial charge in [-0.2, -0.15) is 0 Å². The number of rotatable bonds is 6. The fourth-order valence-electron chi connectivity index (χ4n) is 3.45. The maximum absolute atomic E-state index is 12.1. The van der Waals surface area contributed by atoms with Crippen molar-refractivity contribution in [2.45, 2.75) is 31.6 Å². The lowest BCUT2D eigenvalue weighted by Gasteiger charge is -2.32. The number of benzene rings is 2. The van der Waals surface area contributed by atoms with E-state index in [0.29, 0.717) is 12.3 Å². The van der Waals surface area contributed by atoms with Crippen molar-refractivity contribution < 1.29 is 4.79 Å². The first-order valence-corrected chi connectivity index (χ1v) is 8.68. The monoisotopic (exact) mass is 307 g/mol. The quantitative estimate of drug-likeness (QED) is 0.731. The van der Waals surface area contributed by atoms with E-state index < -0.39 is 0 Å². The fraction of sp³-hybridized carbons (Fsp3) is 0.381. The van der Waals surface area contributed by atoms with Crippen molar-refractivity contribution in [1.82, 2.24) is 4.90 Å². The van der Waals surface area contributed by atoms with Crippen LogP contribution in [0.4, 0.5) is 0 Å². The molecule has 0 spiro atoms. The van der Waals surface area contributed by atoms with E-state index in [-0.39, 0.29) is 5.78 Å². The topological polar surface area (TPSA) is 20.3 Å². The minimum Gasteiger partial charge on any atom is -0.303 e. The van der Waals surface area contributed by atoms with Crippen LogP contribution >= 0.6 is 0 Å². The van der Waals surface area contributed by atoms with Crippen LogP contribution in [0, 0.1) is 0 Å². The Hall–Kier alpha value is -1.93. The van der Waals surface area contributed by atoms with Crippen LogP contribution in [0.25, 0.3) is 0 Å². The van der Waals surface area contributed by atoms with Crippen LogP contribution in [0.3, 0.4) is 0 Å². The summed E-state index contributed by atoms with van der Waals surface area (Å²) >= 11 is 0. The summed E-state index contributed by atoms with van der Waals surface area (Å²) in [5, 5.41) is 0. The maximum Gasteiger partial charge on any atom is 0.162 e. The lowest BCUT2D eigenvalue weighted by Crippen LogP contribution is -2.33. The minimum absolute atomic E-state index is 0.268. The van der Waals surface area contributed by atoms with E-state index in [2.05, 4.69) is 35.2 Å². The zero-order valence-corrected chi connectivity index (χ0v) is 13.7. The minimum atomic E-state index is 0.268. The Morgan fingerprint density at radius 1 is 0.913 bits per heavy atom. The highest BCUT2D eigenvalue weighted by molar-refractivity contribution is 5.95. The van der Waals surface area contributed by atoms with Gasteiger partial charge in [0.2, 0.25) is 0 Å². The molecule has 0 radical (unpaired) electrons. The molecule has 23 heavy (non-hydrogen) atoms. The second-order valence-electron chi connectivity index (χ2n) is 6.42. The van der Waals surface area contributed by atoms with E-state index in [9.17, 15) is 4.79 Å². The molecule has 2 aromatic carbocycles. The number of piperidine rings is 1. The summed E-state index contributed by atoms with van der Waals surface area (Å²) in [6.07, 6.45) is 4.08. The molecule has 2 heteroatoms. The largest absolute Gasteiger partial charge is 0.303 e. The summed E-state index contributed by atoms with van der Waals surface area (Å²) in [7, 11) is 0. The number of carbonyl (C=O) groups is 1. The normalized spacial score (nSPS) is 16.3. The molecule has 1 aliphatic rings. The first-order valence-electron chi connectivity index (χ1n) is 8.68. The first-order chi connectivity index (χ1) is 11.3. The van der Waals surface area contributed by atoms with Gasteiger partial charge in [0.15, 0.2) is 5.78 Å². The van der Waals surface area contributed by atoms with Crippen molar-refractivity contribution >= 4 is 5.78 Å². The number of carbonyl (C=O) groups excluding carboxylic acids is 1. The maximum atomic E-state index is 12.1. The second-order valence-corrected chi connectivity index (χ2v) is 6.42. The van der Waals surface area contributed by atoms with E-state index in [4.69, 9.17) is 0 Å². The molecule has 0 bridgehead atoms. The van der Waals surface area contributed by atoms with Crippen LogP contribution in [0.5, 0.6) is 0 Å². The van der Waals surface area contributed by atoms with Crippen molar-refractivity contribution in [2.75, 3.05) is 19.6 Å². The molecule has 2 aromatic rings. The van der Waals surface area contributed by atoms with Crippen LogP contribution in [0.2, 0.25) is 0 Å². The van der Waals surface area contributed by atoms with Gasteiger partial charge in [0.1, 0.15) is 0 Å².